The SMILES string of the molecule is C=C/C=C\C(=C(C)C)c1ccc(C)cc1. The lowest BCUT2D eigenvalue weighted by Crippen LogP contribution is -1.84. The van der Waals surface area contributed by atoms with E-state index in [-0.39, 0.29) is 0 Å². The second kappa shape index (κ2) is 5.35. The zero-order valence-electron chi connectivity index (χ0n) is 9.75. The standard InChI is InChI=1S/C15H18/c1-5-6-7-15(12(2)3)14-10-8-13(4)9-11-14/h5-11H,1H2,2-4H3/b7-6-. The van der Waals surface area contributed by atoms with Crippen molar-refractivity contribution in [3.8, 4) is 0 Å². The largest absolute Gasteiger partial charge is 0.0991 e. The van der Waals surface area contributed by atoms with E-state index in [0.29, 0.717) is 0 Å². The smallest absolute Gasteiger partial charge is 0.0185 e. The molecule has 1 aromatic carbocycles. The monoisotopic (exact) mass is 198 g/mol. The highest BCUT2D eigenvalue weighted by Crippen LogP contribution is 2.20. The van der Waals surface area contributed by atoms with Gasteiger partial charge in [-0.25, -0.2) is 0 Å². The van der Waals surface area contributed by atoms with Crippen LogP contribution in [0.5, 0.6) is 0 Å². The highest BCUT2D eigenvalue weighted by Gasteiger charge is 1.98. The van der Waals surface area contributed by atoms with Gasteiger partial charge in [0.2, 0.25) is 0 Å². The van der Waals surface area contributed by atoms with Crippen LogP contribution in [-0.4, -0.2) is 0 Å². The Morgan fingerprint density at radius 1 is 1.13 bits per heavy atom. The van der Waals surface area contributed by atoms with Crippen LogP contribution in [0.3, 0.4) is 0 Å². The van der Waals surface area contributed by atoms with Gasteiger partial charge in [-0.2, -0.15) is 0 Å². The Kier molecular flexibility index (Phi) is 4.11. The van der Waals surface area contributed by atoms with Crippen LogP contribution in [0.4, 0.5) is 0 Å². The molecule has 0 aliphatic rings. The molecule has 0 heterocycles. The average molecular weight is 198 g/mol. The minimum absolute atomic E-state index is 1.26. The van der Waals surface area contributed by atoms with E-state index in [0.717, 1.165) is 0 Å². The molecule has 0 heteroatoms. The molecule has 0 saturated heterocycles. The van der Waals surface area contributed by atoms with Gasteiger partial charge in [-0.15, -0.1) is 0 Å². The van der Waals surface area contributed by atoms with Crippen LogP contribution in [0.1, 0.15) is 25.0 Å². The van der Waals surface area contributed by atoms with Crippen LogP contribution in [0, 0.1) is 6.92 Å². The highest BCUT2D eigenvalue weighted by atomic mass is 14.0. The Bertz CT molecular complexity index is 385. The van der Waals surface area contributed by atoms with E-state index in [1.807, 2.05) is 6.08 Å². The van der Waals surface area contributed by atoms with Gasteiger partial charge < -0.3 is 0 Å². The molecule has 1 rings (SSSR count). The number of hydrogen-bond donors (Lipinski definition) is 0. The Morgan fingerprint density at radius 2 is 1.73 bits per heavy atom. The highest BCUT2D eigenvalue weighted by molar-refractivity contribution is 5.76. The third-order valence-electron chi connectivity index (χ3n) is 2.30. The van der Waals surface area contributed by atoms with Crippen LogP contribution >= 0.6 is 0 Å². The molecular weight excluding hydrogens is 180 g/mol. The third kappa shape index (κ3) is 3.25. The van der Waals surface area contributed by atoms with Crippen LogP contribution in [-0.2, 0) is 0 Å². The van der Waals surface area contributed by atoms with Crippen molar-refractivity contribution in [2.24, 2.45) is 0 Å². The summed E-state index contributed by atoms with van der Waals surface area (Å²) in [5, 5.41) is 0. The summed E-state index contributed by atoms with van der Waals surface area (Å²) in [5.74, 6) is 0. The summed E-state index contributed by atoms with van der Waals surface area (Å²) in [7, 11) is 0. The molecule has 0 nitrogen and oxygen atoms in total. The maximum atomic E-state index is 3.69. The van der Waals surface area contributed by atoms with Crippen molar-refractivity contribution in [1.82, 2.24) is 0 Å². The molecule has 0 aromatic heterocycles. The van der Waals surface area contributed by atoms with Crippen molar-refractivity contribution in [2.45, 2.75) is 20.8 Å². The molecule has 0 radical (unpaired) electrons. The maximum Gasteiger partial charge on any atom is -0.0185 e. The fourth-order valence-electron chi connectivity index (χ4n) is 1.45. The van der Waals surface area contributed by atoms with Crippen molar-refractivity contribution < 1.29 is 0 Å². The minimum atomic E-state index is 1.26. The molecule has 0 aliphatic carbocycles. The molecule has 0 unspecified atom stereocenters. The van der Waals surface area contributed by atoms with E-state index >= 15 is 0 Å². The quantitative estimate of drug-likeness (QED) is 0.626. The summed E-state index contributed by atoms with van der Waals surface area (Å²) in [4.78, 5) is 0. The predicted octanol–water partition coefficient (Wildman–Crippen LogP) is 4.53. The van der Waals surface area contributed by atoms with Gasteiger partial charge >= 0.3 is 0 Å². The molecule has 0 fully saturated rings. The predicted molar refractivity (Wildman–Crippen MR) is 68.8 cm³/mol. The van der Waals surface area contributed by atoms with Gasteiger partial charge in [0, 0.05) is 0 Å². The number of aryl methyl sites for hydroxylation is 1. The first-order valence-corrected chi connectivity index (χ1v) is 5.18. The number of hydrogen-bond acceptors (Lipinski definition) is 0. The van der Waals surface area contributed by atoms with E-state index < -0.39 is 0 Å². The molecular formula is C15H18. The first-order chi connectivity index (χ1) is 7.15. The van der Waals surface area contributed by atoms with Crippen LogP contribution < -0.4 is 0 Å². The average Bonchev–Trinajstić information content (AvgIpc) is 2.21. The summed E-state index contributed by atoms with van der Waals surface area (Å²) in [6.45, 7) is 10.0. The van der Waals surface area contributed by atoms with E-state index in [1.165, 1.54) is 22.3 Å². The summed E-state index contributed by atoms with van der Waals surface area (Å²) in [6.07, 6.45) is 5.88. The van der Waals surface area contributed by atoms with E-state index in [1.54, 1.807) is 6.08 Å². The molecule has 0 amide bonds. The summed E-state index contributed by atoms with van der Waals surface area (Å²) < 4.78 is 0. The van der Waals surface area contributed by atoms with Crippen molar-refractivity contribution in [1.29, 1.82) is 0 Å². The number of rotatable bonds is 3. The Balaban J connectivity index is 3.11. The van der Waals surface area contributed by atoms with E-state index in [2.05, 4.69) is 57.7 Å². The van der Waals surface area contributed by atoms with Crippen molar-refractivity contribution in [3.63, 3.8) is 0 Å². The first kappa shape index (κ1) is 11.5. The van der Waals surface area contributed by atoms with Gasteiger partial charge in [-0.05, 0) is 31.9 Å². The van der Waals surface area contributed by atoms with Gasteiger partial charge in [-0.1, -0.05) is 60.2 Å². The van der Waals surface area contributed by atoms with Crippen LogP contribution in [0.2, 0.25) is 0 Å². The molecule has 0 N–H and O–H groups in total. The molecule has 0 atom stereocenters. The molecule has 0 saturated carbocycles. The lowest BCUT2D eigenvalue weighted by Gasteiger charge is -2.05. The van der Waals surface area contributed by atoms with Crippen LogP contribution in [0.15, 0.2) is 54.6 Å². The number of benzene rings is 1. The summed E-state index contributed by atoms with van der Waals surface area (Å²) in [6, 6.07) is 8.59. The van der Waals surface area contributed by atoms with Gasteiger partial charge in [0.15, 0.2) is 0 Å². The second-order valence-corrected chi connectivity index (χ2v) is 3.87. The van der Waals surface area contributed by atoms with Crippen molar-refractivity contribution >= 4 is 5.57 Å². The molecule has 0 aliphatic heterocycles. The van der Waals surface area contributed by atoms with E-state index in [9.17, 15) is 0 Å². The van der Waals surface area contributed by atoms with Gasteiger partial charge in [0.1, 0.15) is 0 Å². The van der Waals surface area contributed by atoms with Crippen molar-refractivity contribution in [2.75, 3.05) is 0 Å². The molecule has 0 spiro atoms. The molecule has 0 bridgehead atoms. The maximum absolute atomic E-state index is 3.69. The normalized spacial score (nSPS) is 10.3. The van der Waals surface area contributed by atoms with Crippen molar-refractivity contribution in [3.05, 3.63) is 65.8 Å². The first-order valence-electron chi connectivity index (χ1n) is 5.18. The summed E-state index contributed by atoms with van der Waals surface area (Å²) >= 11 is 0. The van der Waals surface area contributed by atoms with Crippen LogP contribution in [0.25, 0.3) is 5.57 Å². The Labute approximate surface area is 92.6 Å². The zero-order valence-corrected chi connectivity index (χ0v) is 9.75. The Morgan fingerprint density at radius 3 is 2.20 bits per heavy atom. The third-order valence-corrected chi connectivity index (χ3v) is 2.30. The fourth-order valence-corrected chi connectivity index (χ4v) is 1.45. The lowest BCUT2D eigenvalue weighted by atomic mass is 10.00. The number of allylic oxidation sites excluding steroid dienone is 5. The topological polar surface area (TPSA) is 0 Å². The molecule has 1 aromatic rings. The minimum Gasteiger partial charge on any atom is -0.0991 e. The van der Waals surface area contributed by atoms with E-state index in [4.69, 9.17) is 0 Å². The molecule has 78 valence electrons. The zero-order chi connectivity index (χ0) is 11.3. The van der Waals surface area contributed by atoms with Gasteiger partial charge in [-0.3, -0.25) is 0 Å². The fraction of sp³-hybridized carbons (Fsp3) is 0.200. The lowest BCUT2D eigenvalue weighted by molar-refractivity contribution is 1.38. The molecule has 15 heavy (non-hydrogen) atoms. The van der Waals surface area contributed by atoms with Gasteiger partial charge in [0.05, 0.1) is 0 Å². The Hall–Kier alpha value is -1.56. The summed E-state index contributed by atoms with van der Waals surface area (Å²) in [5.41, 5.74) is 5.14. The second-order valence-electron chi connectivity index (χ2n) is 3.87. The van der Waals surface area contributed by atoms with Gasteiger partial charge in [0.25, 0.3) is 0 Å².